The van der Waals surface area contributed by atoms with Crippen LogP contribution in [0.15, 0.2) is 90.1 Å². The maximum absolute atomic E-state index is 13.5. The first kappa shape index (κ1) is 22.4. The van der Waals surface area contributed by atoms with Crippen molar-refractivity contribution in [3.05, 3.63) is 101 Å². The zero-order valence-electron chi connectivity index (χ0n) is 19.3. The summed E-state index contributed by atoms with van der Waals surface area (Å²) in [6, 6.07) is 24.5. The first-order valence-electron chi connectivity index (χ1n) is 11.5. The maximum Gasteiger partial charge on any atom is 0.232 e. The summed E-state index contributed by atoms with van der Waals surface area (Å²) in [6.45, 7) is 4.17. The Labute approximate surface area is 204 Å². The van der Waals surface area contributed by atoms with E-state index in [-0.39, 0.29) is 29.4 Å². The van der Waals surface area contributed by atoms with E-state index in [1.54, 1.807) is 4.90 Å². The predicted octanol–water partition coefficient (Wildman–Crippen LogP) is 7.30. The average molecular weight is 472 g/mol. The van der Waals surface area contributed by atoms with E-state index < -0.39 is 0 Å². The van der Waals surface area contributed by atoms with E-state index in [1.165, 1.54) is 0 Å². The highest BCUT2D eigenvalue weighted by Crippen LogP contribution is 2.48. The minimum absolute atomic E-state index is 0.0130. The molecule has 0 bridgehead atoms. The normalized spacial score (nSPS) is 19.7. The largest absolute Gasteiger partial charge is 0.457 e. The van der Waals surface area contributed by atoms with Gasteiger partial charge in [0.05, 0.1) is 0 Å². The lowest BCUT2D eigenvalue weighted by atomic mass is 9.69. The summed E-state index contributed by atoms with van der Waals surface area (Å²) >= 11 is 6.09. The molecule has 172 valence electrons. The van der Waals surface area contributed by atoms with Gasteiger partial charge in [-0.1, -0.05) is 55.8 Å². The number of rotatable bonds is 4. The molecule has 0 saturated heterocycles. The van der Waals surface area contributed by atoms with Gasteiger partial charge in [0.25, 0.3) is 0 Å². The number of Topliss-reactive ketones (excluding diaryl/α,β-unsaturated/α-hetero) is 1. The summed E-state index contributed by atoms with van der Waals surface area (Å²) in [5.74, 6) is 1.29. The number of ether oxygens (including phenoxy) is 1. The molecular formula is C29H26ClNO3. The molecule has 1 aliphatic heterocycles. The lowest BCUT2D eigenvalue weighted by molar-refractivity contribution is -0.121. The molecule has 0 spiro atoms. The van der Waals surface area contributed by atoms with Crippen LogP contribution in [0, 0.1) is 5.41 Å². The summed E-state index contributed by atoms with van der Waals surface area (Å²) in [5, 5.41) is 0.635. The third-order valence-corrected chi connectivity index (χ3v) is 6.74. The number of anilines is 1. The van der Waals surface area contributed by atoms with E-state index in [0.29, 0.717) is 23.6 Å². The molecular weight excluding hydrogens is 446 g/mol. The number of para-hydroxylation sites is 1. The molecule has 0 fully saturated rings. The Hall–Kier alpha value is -3.37. The number of carbonyl (C=O) groups excluding carboxylic acids is 2. The maximum atomic E-state index is 13.5. The number of nitrogens with zero attached hydrogens (tertiary/aromatic N) is 1. The standard InChI is InChI=1S/C29H26ClNO3/c1-29(2)17-25-28(26(32)18-29)24(19-8-10-20(30)11-9-19)16-27(33)31(25)21-12-14-23(15-13-21)34-22-6-4-3-5-7-22/h3-15,24H,16-18H2,1-2H3. The number of halogens is 1. The van der Waals surface area contributed by atoms with Gasteiger partial charge in [0.2, 0.25) is 5.91 Å². The number of ketones is 1. The predicted molar refractivity (Wildman–Crippen MR) is 134 cm³/mol. The Morgan fingerprint density at radius 2 is 1.50 bits per heavy atom. The van der Waals surface area contributed by atoms with E-state index in [2.05, 4.69) is 13.8 Å². The monoisotopic (exact) mass is 471 g/mol. The minimum Gasteiger partial charge on any atom is -0.457 e. The Morgan fingerprint density at radius 1 is 0.853 bits per heavy atom. The Morgan fingerprint density at radius 3 is 2.18 bits per heavy atom. The van der Waals surface area contributed by atoms with Crippen molar-refractivity contribution in [1.29, 1.82) is 0 Å². The van der Waals surface area contributed by atoms with Crippen LogP contribution >= 0.6 is 11.6 Å². The van der Waals surface area contributed by atoms with Gasteiger partial charge in [-0.2, -0.15) is 0 Å². The molecule has 3 aromatic carbocycles. The van der Waals surface area contributed by atoms with Crippen molar-refractivity contribution in [2.75, 3.05) is 4.90 Å². The van der Waals surface area contributed by atoms with Gasteiger partial charge in [-0.25, -0.2) is 0 Å². The van der Waals surface area contributed by atoms with Crippen molar-refractivity contribution in [3.63, 3.8) is 0 Å². The molecule has 1 atom stereocenters. The molecule has 5 heteroatoms. The van der Waals surface area contributed by atoms with E-state index in [0.717, 1.165) is 28.3 Å². The zero-order chi connectivity index (χ0) is 23.9. The lowest BCUT2D eigenvalue weighted by Crippen LogP contribution is -2.43. The highest BCUT2D eigenvalue weighted by Gasteiger charge is 2.44. The highest BCUT2D eigenvalue weighted by molar-refractivity contribution is 6.30. The van der Waals surface area contributed by atoms with Gasteiger partial charge in [0.15, 0.2) is 5.78 Å². The van der Waals surface area contributed by atoms with E-state index >= 15 is 0 Å². The molecule has 0 saturated carbocycles. The SMILES string of the molecule is CC1(C)CC(=O)C2=C(C1)N(c1ccc(Oc3ccccc3)cc1)C(=O)CC2c1ccc(Cl)cc1. The molecule has 1 heterocycles. The van der Waals surface area contributed by atoms with Crippen molar-refractivity contribution in [3.8, 4) is 11.5 Å². The number of amides is 1. The van der Waals surface area contributed by atoms with Crippen molar-refractivity contribution >= 4 is 29.0 Å². The molecule has 5 rings (SSSR count). The molecule has 2 aliphatic rings. The van der Waals surface area contributed by atoms with Crippen LogP contribution in [0.2, 0.25) is 5.02 Å². The number of hydrogen-bond donors (Lipinski definition) is 0. The van der Waals surface area contributed by atoms with Crippen LogP contribution in [0.25, 0.3) is 0 Å². The topological polar surface area (TPSA) is 46.6 Å². The summed E-state index contributed by atoms with van der Waals surface area (Å²) < 4.78 is 5.91. The first-order chi connectivity index (χ1) is 16.3. The molecule has 3 aromatic rings. The van der Waals surface area contributed by atoms with Gasteiger partial charge in [-0.3, -0.25) is 14.5 Å². The van der Waals surface area contributed by atoms with Crippen molar-refractivity contribution in [1.82, 2.24) is 0 Å². The number of allylic oxidation sites excluding steroid dienone is 2. The lowest BCUT2D eigenvalue weighted by Gasteiger charge is -2.43. The van der Waals surface area contributed by atoms with Gasteiger partial charge >= 0.3 is 0 Å². The van der Waals surface area contributed by atoms with E-state index in [4.69, 9.17) is 16.3 Å². The first-order valence-corrected chi connectivity index (χ1v) is 11.9. The second kappa shape index (κ2) is 8.77. The van der Waals surface area contributed by atoms with Gasteiger partial charge in [-0.05, 0) is 65.9 Å². The molecule has 4 nitrogen and oxygen atoms in total. The van der Waals surface area contributed by atoms with Gasteiger partial charge < -0.3 is 4.74 Å². The molecule has 34 heavy (non-hydrogen) atoms. The third-order valence-electron chi connectivity index (χ3n) is 6.49. The Kier molecular flexibility index (Phi) is 5.78. The number of carbonyl (C=O) groups is 2. The van der Waals surface area contributed by atoms with Gasteiger partial charge in [-0.15, -0.1) is 0 Å². The van der Waals surface area contributed by atoms with Crippen LogP contribution in [-0.4, -0.2) is 11.7 Å². The van der Waals surface area contributed by atoms with Gasteiger partial charge in [0, 0.05) is 40.7 Å². The van der Waals surface area contributed by atoms with E-state index in [9.17, 15) is 9.59 Å². The minimum atomic E-state index is -0.250. The van der Waals surface area contributed by atoms with Crippen LogP contribution < -0.4 is 9.64 Å². The van der Waals surface area contributed by atoms with Crippen LogP contribution in [0.5, 0.6) is 11.5 Å². The third kappa shape index (κ3) is 4.38. The van der Waals surface area contributed by atoms with Crippen molar-refractivity contribution in [2.45, 2.75) is 39.0 Å². The summed E-state index contributed by atoms with van der Waals surface area (Å²) in [6.07, 6.45) is 1.38. The second-order valence-corrected chi connectivity index (χ2v) is 10.2. The summed E-state index contributed by atoms with van der Waals surface area (Å²) in [5.41, 5.74) is 3.05. The molecule has 0 radical (unpaired) electrons. The fourth-order valence-electron chi connectivity index (χ4n) is 4.98. The fourth-order valence-corrected chi connectivity index (χ4v) is 5.11. The van der Waals surface area contributed by atoms with Crippen LogP contribution in [0.1, 0.15) is 44.6 Å². The van der Waals surface area contributed by atoms with E-state index in [1.807, 2.05) is 78.9 Å². The van der Waals surface area contributed by atoms with Gasteiger partial charge in [0.1, 0.15) is 11.5 Å². The molecule has 1 unspecified atom stereocenters. The van der Waals surface area contributed by atoms with Crippen molar-refractivity contribution in [2.24, 2.45) is 5.41 Å². The Bertz CT molecular complexity index is 1260. The fraction of sp³-hybridized carbons (Fsp3) is 0.241. The van der Waals surface area contributed by atoms with Crippen LogP contribution in [0.3, 0.4) is 0 Å². The van der Waals surface area contributed by atoms with Crippen molar-refractivity contribution < 1.29 is 14.3 Å². The molecule has 0 aromatic heterocycles. The second-order valence-electron chi connectivity index (χ2n) is 9.75. The zero-order valence-corrected chi connectivity index (χ0v) is 20.0. The van der Waals surface area contributed by atoms with Crippen LogP contribution in [-0.2, 0) is 9.59 Å². The van der Waals surface area contributed by atoms with Crippen LogP contribution in [0.4, 0.5) is 5.69 Å². The number of hydrogen-bond acceptors (Lipinski definition) is 3. The summed E-state index contributed by atoms with van der Waals surface area (Å²) in [4.78, 5) is 28.7. The summed E-state index contributed by atoms with van der Waals surface area (Å²) in [7, 11) is 0. The highest BCUT2D eigenvalue weighted by atomic mass is 35.5. The molecule has 1 aliphatic carbocycles. The average Bonchev–Trinajstić information content (AvgIpc) is 2.80. The quantitative estimate of drug-likeness (QED) is 0.401. The smallest absolute Gasteiger partial charge is 0.232 e. The number of benzene rings is 3. The molecule has 0 N–H and O–H groups in total. The molecule has 1 amide bonds. The Balaban J connectivity index is 1.53.